The number of aromatic amines is 1. The molecule has 0 aromatic carbocycles. The van der Waals surface area contributed by atoms with Gasteiger partial charge in [0.1, 0.15) is 5.78 Å². The quantitative estimate of drug-likeness (QED) is 0.842. The van der Waals surface area contributed by atoms with E-state index in [4.69, 9.17) is 0 Å². The van der Waals surface area contributed by atoms with Gasteiger partial charge >= 0.3 is 5.69 Å². The van der Waals surface area contributed by atoms with Crippen LogP contribution in [0.15, 0.2) is 14.7 Å². The number of hydrogen-bond donors (Lipinski definition) is 1. The summed E-state index contributed by atoms with van der Waals surface area (Å²) in [5, 5.41) is 0.459. The van der Waals surface area contributed by atoms with Crippen LogP contribution in [0.2, 0.25) is 0 Å². The second-order valence-electron chi connectivity index (χ2n) is 5.91. The summed E-state index contributed by atoms with van der Waals surface area (Å²) in [5.74, 6) is 0.354. The molecule has 114 valence electrons. The fraction of sp³-hybridized carbons (Fsp3) is 0.538. The zero-order valence-corrected chi connectivity index (χ0v) is 13.5. The van der Waals surface area contributed by atoms with Gasteiger partial charge in [-0.25, -0.2) is 9.78 Å². The Labute approximate surface area is 125 Å². The number of carbonyl (C=O) groups is 1. The predicted octanol–water partition coefficient (Wildman–Crippen LogP) is 0.668. The van der Waals surface area contributed by atoms with Crippen molar-refractivity contribution in [3.63, 3.8) is 0 Å². The van der Waals surface area contributed by atoms with Crippen molar-refractivity contribution in [2.75, 3.05) is 5.75 Å². The number of nitrogens with zero attached hydrogens (tertiary/aromatic N) is 3. The van der Waals surface area contributed by atoms with Crippen molar-refractivity contribution in [2.45, 2.75) is 25.9 Å². The smallest absolute Gasteiger partial charge is 0.327 e. The van der Waals surface area contributed by atoms with Gasteiger partial charge in [-0.2, -0.15) is 0 Å². The average Bonchev–Trinajstić information content (AvgIpc) is 2.83. The Bertz CT molecular complexity index is 823. The highest BCUT2D eigenvalue weighted by molar-refractivity contribution is 7.99. The number of rotatable bonds is 3. The Morgan fingerprint density at radius 1 is 1.24 bits per heavy atom. The van der Waals surface area contributed by atoms with Crippen LogP contribution in [-0.2, 0) is 18.9 Å². The van der Waals surface area contributed by atoms with Crippen LogP contribution in [0, 0.1) is 5.41 Å². The molecule has 1 N–H and O–H groups in total. The minimum atomic E-state index is -0.429. The van der Waals surface area contributed by atoms with Gasteiger partial charge in [-0.15, -0.1) is 0 Å². The van der Waals surface area contributed by atoms with E-state index in [1.807, 2.05) is 20.8 Å². The van der Waals surface area contributed by atoms with Crippen molar-refractivity contribution in [1.29, 1.82) is 0 Å². The summed E-state index contributed by atoms with van der Waals surface area (Å²) in [5.41, 5.74) is -0.697. The van der Waals surface area contributed by atoms with Crippen molar-refractivity contribution in [2.24, 2.45) is 19.5 Å². The van der Waals surface area contributed by atoms with Crippen LogP contribution >= 0.6 is 11.8 Å². The third-order valence-electron chi connectivity index (χ3n) is 3.25. The first-order valence-electron chi connectivity index (χ1n) is 6.44. The molecule has 0 radical (unpaired) electrons. The van der Waals surface area contributed by atoms with Crippen LogP contribution in [0.5, 0.6) is 0 Å². The molecule has 0 atom stereocenters. The molecule has 0 saturated carbocycles. The van der Waals surface area contributed by atoms with Crippen LogP contribution < -0.4 is 11.2 Å². The third-order valence-corrected chi connectivity index (χ3v) is 4.12. The van der Waals surface area contributed by atoms with E-state index in [2.05, 4.69) is 9.97 Å². The molecule has 0 aliphatic heterocycles. The van der Waals surface area contributed by atoms with Crippen LogP contribution in [0.3, 0.4) is 0 Å². The SMILES string of the molecule is Cn1c(=O)c2[nH]c(SCC(=O)C(C)(C)C)nc2n(C)c1=O. The summed E-state index contributed by atoms with van der Waals surface area (Å²) in [6, 6.07) is 0. The monoisotopic (exact) mass is 310 g/mol. The first-order valence-corrected chi connectivity index (χ1v) is 7.43. The number of H-pyrrole nitrogens is 1. The van der Waals surface area contributed by atoms with Gasteiger partial charge in [-0.1, -0.05) is 32.5 Å². The van der Waals surface area contributed by atoms with Gasteiger partial charge < -0.3 is 4.98 Å². The van der Waals surface area contributed by atoms with Crippen molar-refractivity contribution in [3.8, 4) is 0 Å². The van der Waals surface area contributed by atoms with Gasteiger partial charge in [-0.05, 0) is 0 Å². The average molecular weight is 310 g/mol. The van der Waals surface area contributed by atoms with Gasteiger partial charge in [0.25, 0.3) is 5.56 Å². The normalized spacial score (nSPS) is 12.0. The summed E-state index contributed by atoms with van der Waals surface area (Å²) >= 11 is 1.23. The van der Waals surface area contributed by atoms with Crippen molar-refractivity contribution < 1.29 is 4.79 Å². The summed E-state index contributed by atoms with van der Waals surface area (Å²) in [6.07, 6.45) is 0. The zero-order valence-electron chi connectivity index (χ0n) is 12.7. The molecule has 0 aliphatic rings. The molecule has 2 heterocycles. The standard InChI is InChI=1S/C13H18N4O3S/c1-13(2,3)7(18)6-21-11-14-8-9(15-11)16(4)12(20)17(5)10(8)19/h6H2,1-5H3,(H,14,15). The van der Waals surface area contributed by atoms with E-state index in [9.17, 15) is 14.4 Å². The van der Waals surface area contributed by atoms with Crippen molar-refractivity contribution in [3.05, 3.63) is 20.8 Å². The molecular formula is C13H18N4O3S. The van der Waals surface area contributed by atoms with Crippen LogP contribution in [0.25, 0.3) is 11.2 Å². The molecule has 0 amide bonds. The predicted molar refractivity (Wildman–Crippen MR) is 81.8 cm³/mol. The number of hydrogen-bond acceptors (Lipinski definition) is 5. The molecule has 8 heteroatoms. The van der Waals surface area contributed by atoms with E-state index in [1.165, 1.54) is 23.4 Å². The number of thioether (sulfide) groups is 1. The lowest BCUT2D eigenvalue weighted by atomic mass is 9.92. The molecule has 0 unspecified atom stereocenters. The number of Topliss-reactive ketones (excluding diaryl/α,β-unsaturated/α-hetero) is 1. The Balaban J connectivity index is 2.39. The number of fused-ring (bicyclic) bond motifs is 1. The Hall–Kier alpha value is -1.83. The van der Waals surface area contributed by atoms with Gasteiger partial charge in [0, 0.05) is 19.5 Å². The van der Waals surface area contributed by atoms with E-state index >= 15 is 0 Å². The van der Waals surface area contributed by atoms with Crippen molar-refractivity contribution in [1.82, 2.24) is 19.1 Å². The molecule has 2 rings (SSSR count). The maximum Gasteiger partial charge on any atom is 0.332 e. The summed E-state index contributed by atoms with van der Waals surface area (Å²) in [6.45, 7) is 5.57. The van der Waals surface area contributed by atoms with Crippen molar-refractivity contribution >= 4 is 28.7 Å². The number of imidazole rings is 1. The highest BCUT2D eigenvalue weighted by atomic mass is 32.2. The Kier molecular flexibility index (Phi) is 3.83. The molecule has 0 bridgehead atoms. The summed E-state index contributed by atoms with van der Waals surface area (Å²) in [7, 11) is 2.97. The molecule has 0 aliphatic carbocycles. The molecule has 0 spiro atoms. The summed E-state index contributed by atoms with van der Waals surface area (Å²) in [4.78, 5) is 42.9. The number of nitrogens with one attached hydrogen (secondary N) is 1. The molecular weight excluding hydrogens is 292 g/mol. The fourth-order valence-electron chi connectivity index (χ4n) is 1.72. The second kappa shape index (κ2) is 5.18. The van der Waals surface area contributed by atoms with Crippen LogP contribution in [-0.4, -0.2) is 30.6 Å². The highest BCUT2D eigenvalue weighted by Crippen LogP contribution is 2.22. The van der Waals surface area contributed by atoms with E-state index in [-0.39, 0.29) is 17.1 Å². The topological polar surface area (TPSA) is 89.8 Å². The van der Waals surface area contributed by atoms with Gasteiger partial charge in [0.05, 0.1) is 5.75 Å². The van der Waals surface area contributed by atoms with Crippen LogP contribution in [0.1, 0.15) is 20.8 Å². The first-order chi connectivity index (χ1) is 9.62. The number of carbonyl (C=O) groups excluding carboxylic acids is 1. The maximum atomic E-state index is 12.0. The molecule has 2 aromatic rings. The number of ketones is 1. The summed E-state index contributed by atoms with van der Waals surface area (Å²) < 4.78 is 2.33. The van der Waals surface area contributed by atoms with Gasteiger partial charge in [-0.3, -0.25) is 18.7 Å². The van der Waals surface area contributed by atoms with E-state index in [1.54, 1.807) is 7.05 Å². The maximum absolute atomic E-state index is 12.0. The van der Waals surface area contributed by atoms with Gasteiger partial charge in [0.15, 0.2) is 16.3 Å². The highest BCUT2D eigenvalue weighted by Gasteiger charge is 2.22. The number of aryl methyl sites for hydroxylation is 1. The lowest BCUT2D eigenvalue weighted by Gasteiger charge is -2.15. The fourth-order valence-corrected chi connectivity index (χ4v) is 2.75. The third kappa shape index (κ3) is 2.80. The zero-order chi connectivity index (χ0) is 15.9. The molecule has 7 nitrogen and oxygen atoms in total. The molecule has 0 fully saturated rings. The molecule has 2 aromatic heterocycles. The minimum Gasteiger partial charge on any atom is -0.327 e. The van der Waals surface area contributed by atoms with E-state index in [0.717, 1.165) is 4.57 Å². The first kappa shape index (κ1) is 15.6. The van der Waals surface area contributed by atoms with Crippen LogP contribution in [0.4, 0.5) is 0 Å². The van der Waals surface area contributed by atoms with Gasteiger partial charge in [0.2, 0.25) is 0 Å². The lowest BCUT2D eigenvalue weighted by Crippen LogP contribution is -2.36. The second-order valence-corrected chi connectivity index (χ2v) is 6.87. The molecule has 21 heavy (non-hydrogen) atoms. The lowest BCUT2D eigenvalue weighted by molar-refractivity contribution is -0.123. The van der Waals surface area contributed by atoms with E-state index < -0.39 is 16.7 Å². The Morgan fingerprint density at radius 3 is 2.43 bits per heavy atom. The largest absolute Gasteiger partial charge is 0.332 e. The minimum absolute atomic E-state index is 0.0924. The Morgan fingerprint density at radius 2 is 1.86 bits per heavy atom. The van der Waals surface area contributed by atoms with E-state index in [0.29, 0.717) is 10.8 Å². The number of aromatic nitrogens is 4. The molecule has 0 saturated heterocycles.